The van der Waals surface area contributed by atoms with Crippen LogP contribution in [-0.4, -0.2) is 48.3 Å². The predicted octanol–water partition coefficient (Wildman–Crippen LogP) is 4.49. The van der Waals surface area contributed by atoms with Crippen molar-refractivity contribution in [3.8, 4) is 0 Å². The summed E-state index contributed by atoms with van der Waals surface area (Å²) in [6.07, 6.45) is 0.292. The lowest BCUT2D eigenvalue weighted by Crippen LogP contribution is -2.24. The van der Waals surface area contributed by atoms with Crippen LogP contribution in [0.15, 0.2) is 34.4 Å². The van der Waals surface area contributed by atoms with E-state index in [0.29, 0.717) is 23.5 Å². The Kier molecular flexibility index (Phi) is 6.67. The van der Waals surface area contributed by atoms with E-state index >= 15 is 0 Å². The second-order valence-corrected chi connectivity index (χ2v) is 7.94. The van der Waals surface area contributed by atoms with Gasteiger partial charge in [-0.15, -0.1) is 0 Å². The summed E-state index contributed by atoms with van der Waals surface area (Å²) < 4.78 is 42.1. The van der Waals surface area contributed by atoms with Crippen molar-refractivity contribution in [2.24, 2.45) is 10.1 Å². The van der Waals surface area contributed by atoms with Crippen LogP contribution in [0.2, 0.25) is 5.02 Å². The van der Waals surface area contributed by atoms with Gasteiger partial charge in [0.25, 0.3) is 0 Å². The van der Waals surface area contributed by atoms with Crippen LogP contribution in [0.25, 0.3) is 0 Å². The van der Waals surface area contributed by atoms with Crippen molar-refractivity contribution in [2.75, 3.05) is 26.0 Å². The van der Waals surface area contributed by atoms with Crippen molar-refractivity contribution in [3.63, 3.8) is 0 Å². The van der Waals surface area contributed by atoms with E-state index in [9.17, 15) is 18.4 Å². The van der Waals surface area contributed by atoms with Crippen LogP contribution in [0.5, 0.6) is 0 Å². The molecule has 1 atom stereocenters. The maximum absolute atomic E-state index is 14.4. The topological polar surface area (TPSA) is 60.2 Å². The number of halogens is 4. The number of fused-ring (bicyclic) bond motifs is 1. The minimum Gasteiger partial charge on any atom is -0.411 e. The molecular weight excluding hydrogens is 417 g/mol. The zero-order chi connectivity index (χ0) is 22.0. The van der Waals surface area contributed by atoms with Crippen molar-refractivity contribution >= 4 is 28.8 Å². The number of rotatable bonds is 6. The molecule has 0 saturated heterocycles. The highest BCUT2D eigenvalue weighted by Crippen LogP contribution is 2.33. The Balaban J connectivity index is 1.95. The molecule has 30 heavy (non-hydrogen) atoms. The average Bonchev–Trinajstić information content (AvgIpc) is 3.09. The molecule has 0 aliphatic carbocycles. The van der Waals surface area contributed by atoms with Gasteiger partial charge in [-0.1, -0.05) is 22.8 Å². The number of anilines is 1. The first-order chi connectivity index (χ1) is 14.2. The van der Waals surface area contributed by atoms with Crippen molar-refractivity contribution in [2.45, 2.75) is 25.8 Å². The molecule has 2 aromatic carbocycles. The summed E-state index contributed by atoms with van der Waals surface area (Å²) in [5, 5.41) is 15.6. The van der Waals surface area contributed by atoms with Crippen LogP contribution in [-0.2, 0) is 12.8 Å². The fourth-order valence-corrected chi connectivity index (χ4v) is 3.73. The zero-order valence-corrected chi connectivity index (χ0v) is 17.6. The third-order valence-corrected chi connectivity index (χ3v) is 5.02. The highest BCUT2D eigenvalue weighted by atomic mass is 35.5. The van der Waals surface area contributed by atoms with Gasteiger partial charge in [-0.3, -0.25) is 4.99 Å². The molecule has 9 heteroatoms. The largest absolute Gasteiger partial charge is 0.411 e. The summed E-state index contributed by atoms with van der Waals surface area (Å²) in [5.41, 5.74) is 1.36. The molecule has 2 N–H and O–H groups in total. The molecule has 0 spiro atoms. The van der Waals surface area contributed by atoms with Gasteiger partial charge < -0.3 is 15.4 Å². The van der Waals surface area contributed by atoms with Crippen LogP contribution in [0.3, 0.4) is 0 Å². The molecule has 0 bridgehead atoms. The quantitative estimate of drug-likeness (QED) is 0.397. The molecule has 0 aromatic heterocycles. The van der Waals surface area contributed by atoms with Gasteiger partial charge in [0.2, 0.25) is 0 Å². The second kappa shape index (κ2) is 9.06. The van der Waals surface area contributed by atoms with Crippen molar-refractivity contribution in [3.05, 3.63) is 63.4 Å². The highest BCUT2D eigenvalue weighted by molar-refractivity contribution is 6.30. The number of aliphatic imine (C=N–C) groups is 1. The van der Waals surface area contributed by atoms with Crippen molar-refractivity contribution < 1.29 is 18.4 Å². The van der Waals surface area contributed by atoms with Gasteiger partial charge in [0.1, 0.15) is 11.7 Å². The Morgan fingerprint density at radius 1 is 1.23 bits per heavy atom. The maximum atomic E-state index is 14.4. The van der Waals surface area contributed by atoms with E-state index in [1.807, 2.05) is 25.9 Å². The Bertz CT molecular complexity index is 1020. The molecule has 1 aliphatic heterocycles. The van der Waals surface area contributed by atoms with E-state index in [2.05, 4.69) is 15.5 Å². The van der Waals surface area contributed by atoms with E-state index in [1.54, 1.807) is 0 Å². The second-order valence-electron chi connectivity index (χ2n) is 7.53. The number of hydrogen-bond acceptors (Lipinski definition) is 4. The van der Waals surface area contributed by atoms with E-state index in [0.717, 1.165) is 6.07 Å². The molecular formula is C21H22ClF3N4O. The smallest absolute Gasteiger partial charge is 0.182 e. The highest BCUT2D eigenvalue weighted by Gasteiger charge is 2.28. The fourth-order valence-electron chi connectivity index (χ4n) is 3.53. The summed E-state index contributed by atoms with van der Waals surface area (Å²) in [4.78, 5) is 6.53. The molecule has 5 nitrogen and oxygen atoms in total. The number of benzene rings is 2. The van der Waals surface area contributed by atoms with Crippen molar-refractivity contribution in [1.29, 1.82) is 0 Å². The van der Waals surface area contributed by atoms with Gasteiger partial charge in [-0.05, 0) is 50.3 Å². The standard InChI is InChI=1S/C21H22ClF3N4O/c1-11(10-29(2)3)26-19-9-14-13(8-17(24)20(25)21(14)27-19)18(28-30)7-12-4-5-16(23)15(22)6-12/h4-6,8,11,30H,7,9-10H2,1-3H3,(H,26,27)/b28-18+. The Hall–Kier alpha value is -2.58. The minimum absolute atomic E-state index is 0.0147. The third kappa shape index (κ3) is 4.76. The molecule has 1 unspecified atom stereocenters. The fraction of sp³-hybridized carbons (Fsp3) is 0.333. The number of nitrogens with zero attached hydrogens (tertiary/aromatic N) is 3. The van der Waals surface area contributed by atoms with Crippen LogP contribution in [0.1, 0.15) is 23.6 Å². The summed E-state index contributed by atoms with van der Waals surface area (Å²) in [6, 6.07) is 5.03. The van der Waals surface area contributed by atoms with E-state index in [1.165, 1.54) is 18.2 Å². The summed E-state index contributed by atoms with van der Waals surface area (Å²) >= 11 is 5.81. The lowest BCUT2D eigenvalue weighted by atomic mass is 9.95. The molecule has 3 rings (SSSR count). The third-order valence-electron chi connectivity index (χ3n) is 4.73. The predicted molar refractivity (Wildman–Crippen MR) is 113 cm³/mol. The number of oxime groups is 1. The molecule has 0 fully saturated rings. The van der Waals surface area contributed by atoms with Gasteiger partial charge >= 0.3 is 0 Å². The number of amidine groups is 1. The van der Waals surface area contributed by atoms with Gasteiger partial charge in [0, 0.05) is 24.9 Å². The van der Waals surface area contributed by atoms with Crippen molar-refractivity contribution in [1.82, 2.24) is 4.90 Å². The lowest BCUT2D eigenvalue weighted by molar-refractivity contribution is 0.318. The van der Waals surface area contributed by atoms with Crippen LogP contribution in [0.4, 0.5) is 18.9 Å². The van der Waals surface area contributed by atoms with E-state index in [4.69, 9.17) is 11.6 Å². The maximum Gasteiger partial charge on any atom is 0.182 e. The minimum atomic E-state index is -1.07. The molecule has 160 valence electrons. The lowest BCUT2D eigenvalue weighted by Gasteiger charge is -2.13. The van der Waals surface area contributed by atoms with Crippen LogP contribution >= 0.6 is 11.6 Å². The molecule has 1 aliphatic rings. The van der Waals surface area contributed by atoms with Crippen LogP contribution < -0.4 is 5.32 Å². The van der Waals surface area contributed by atoms with Gasteiger partial charge in [-0.25, -0.2) is 13.2 Å². The number of hydrogen-bond donors (Lipinski definition) is 2. The summed E-state index contributed by atoms with van der Waals surface area (Å²) in [7, 11) is 3.85. The van der Waals surface area contributed by atoms with E-state index < -0.39 is 17.5 Å². The monoisotopic (exact) mass is 438 g/mol. The normalized spacial score (nSPS) is 16.1. The molecule has 0 amide bonds. The summed E-state index contributed by atoms with van der Waals surface area (Å²) in [6.45, 7) is 2.62. The Labute approximate surface area is 177 Å². The average molecular weight is 439 g/mol. The number of likely N-dealkylation sites (N-methyl/N-ethyl adjacent to an activating group) is 1. The first-order valence-corrected chi connectivity index (χ1v) is 9.72. The molecule has 0 radical (unpaired) electrons. The van der Waals surface area contributed by atoms with E-state index in [-0.39, 0.29) is 40.9 Å². The molecule has 0 saturated carbocycles. The van der Waals surface area contributed by atoms with Gasteiger partial charge in [-0.2, -0.15) is 0 Å². The van der Waals surface area contributed by atoms with Gasteiger partial charge in [0.05, 0.1) is 22.5 Å². The first-order valence-electron chi connectivity index (χ1n) is 9.34. The first kappa shape index (κ1) is 22.1. The zero-order valence-electron chi connectivity index (χ0n) is 16.8. The summed E-state index contributed by atoms with van der Waals surface area (Å²) in [5.74, 6) is -2.15. The number of nitrogens with one attached hydrogen (secondary N) is 1. The van der Waals surface area contributed by atoms with Crippen LogP contribution in [0, 0.1) is 17.5 Å². The Morgan fingerprint density at radius 2 is 1.97 bits per heavy atom. The molecule has 2 aromatic rings. The SMILES string of the molecule is CC(CN(C)C)N=C1Cc2c(/C(Cc3ccc(F)c(Cl)c3)=N/O)cc(F)c(F)c2N1. The van der Waals surface area contributed by atoms with Gasteiger partial charge in [0.15, 0.2) is 11.6 Å². The Morgan fingerprint density at radius 3 is 2.60 bits per heavy atom. The molecule has 1 heterocycles.